The second-order valence-electron chi connectivity index (χ2n) is 4.99. The van der Waals surface area contributed by atoms with Gasteiger partial charge in [-0.25, -0.2) is 4.79 Å². The number of carboxylic acid groups (broad SMARTS) is 1. The molecule has 0 spiro atoms. The summed E-state index contributed by atoms with van der Waals surface area (Å²) < 4.78 is 0. The van der Waals surface area contributed by atoms with Crippen molar-refractivity contribution in [2.45, 2.75) is 20.3 Å². The summed E-state index contributed by atoms with van der Waals surface area (Å²) in [5.74, 6) is -0.939. The fourth-order valence-corrected chi connectivity index (χ4v) is 2.33. The number of hydrogen-bond donors (Lipinski definition) is 2. The molecule has 0 aromatic heterocycles. The molecule has 0 radical (unpaired) electrons. The first kappa shape index (κ1) is 11.3. The molecule has 0 atom stereocenters. The minimum atomic E-state index is -0.939. The first-order chi connectivity index (χ1) is 7.39. The average molecular weight is 240 g/mol. The summed E-state index contributed by atoms with van der Waals surface area (Å²) in [6.45, 7) is 5.07. The largest absolute Gasteiger partial charge is 0.478 e. The van der Waals surface area contributed by atoms with Crippen LogP contribution in [-0.4, -0.2) is 17.6 Å². The van der Waals surface area contributed by atoms with Gasteiger partial charge in [-0.05, 0) is 29.5 Å². The fraction of sp³-hybridized carbons (Fsp3) is 0.417. The van der Waals surface area contributed by atoms with E-state index < -0.39 is 5.97 Å². The zero-order valence-electron chi connectivity index (χ0n) is 9.30. The van der Waals surface area contributed by atoms with E-state index in [4.69, 9.17) is 16.7 Å². The summed E-state index contributed by atoms with van der Waals surface area (Å²) >= 11 is 5.93. The van der Waals surface area contributed by atoms with Gasteiger partial charge < -0.3 is 10.4 Å². The van der Waals surface area contributed by atoms with Crippen molar-refractivity contribution in [3.8, 4) is 0 Å². The van der Waals surface area contributed by atoms with Crippen LogP contribution in [0.4, 0.5) is 5.69 Å². The Labute approximate surface area is 99.4 Å². The molecule has 3 nitrogen and oxygen atoms in total. The summed E-state index contributed by atoms with van der Waals surface area (Å²) in [6, 6.07) is 3.34. The van der Waals surface area contributed by atoms with Crippen LogP contribution in [0.5, 0.6) is 0 Å². The monoisotopic (exact) mass is 239 g/mol. The highest BCUT2D eigenvalue weighted by atomic mass is 35.5. The Hall–Kier alpha value is -1.22. The van der Waals surface area contributed by atoms with E-state index in [0.717, 1.165) is 24.2 Å². The number of carbonyl (C=O) groups is 1. The van der Waals surface area contributed by atoms with Gasteiger partial charge in [0.25, 0.3) is 0 Å². The van der Waals surface area contributed by atoms with Crippen LogP contribution in [0.15, 0.2) is 12.1 Å². The highest BCUT2D eigenvalue weighted by molar-refractivity contribution is 6.31. The molecule has 1 aromatic rings. The second-order valence-corrected chi connectivity index (χ2v) is 5.42. The van der Waals surface area contributed by atoms with Crippen molar-refractivity contribution in [1.29, 1.82) is 0 Å². The molecule has 0 fully saturated rings. The lowest BCUT2D eigenvalue weighted by Crippen LogP contribution is -2.31. The third-order valence-electron chi connectivity index (χ3n) is 2.83. The van der Waals surface area contributed by atoms with Crippen molar-refractivity contribution in [2.75, 3.05) is 11.9 Å². The van der Waals surface area contributed by atoms with E-state index in [0.29, 0.717) is 5.02 Å². The maximum absolute atomic E-state index is 11.1. The van der Waals surface area contributed by atoms with Crippen molar-refractivity contribution < 1.29 is 9.90 Å². The third-order valence-corrected chi connectivity index (χ3v) is 3.05. The molecule has 2 N–H and O–H groups in total. The van der Waals surface area contributed by atoms with E-state index in [1.165, 1.54) is 6.07 Å². The molecule has 0 bridgehead atoms. The van der Waals surface area contributed by atoms with Crippen LogP contribution in [0.2, 0.25) is 5.02 Å². The van der Waals surface area contributed by atoms with Crippen molar-refractivity contribution in [3.05, 3.63) is 28.3 Å². The zero-order valence-corrected chi connectivity index (χ0v) is 10.1. The molecule has 0 aliphatic carbocycles. The molecule has 0 unspecified atom stereocenters. The summed E-state index contributed by atoms with van der Waals surface area (Å²) in [5.41, 5.74) is 2.10. The van der Waals surface area contributed by atoms with E-state index >= 15 is 0 Å². The topological polar surface area (TPSA) is 49.3 Å². The van der Waals surface area contributed by atoms with Gasteiger partial charge in [-0.3, -0.25) is 0 Å². The quantitative estimate of drug-likeness (QED) is 0.792. The second kappa shape index (κ2) is 3.67. The van der Waals surface area contributed by atoms with Gasteiger partial charge in [0.15, 0.2) is 0 Å². The Morgan fingerprint density at radius 3 is 2.81 bits per heavy atom. The molecule has 0 saturated carbocycles. The van der Waals surface area contributed by atoms with Crippen LogP contribution in [0.25, 0.3) is 0 Å². The highest BCUT2D eigenvalue weighted by Crippen LogP contribution is 2.36. The van der Waals surface area contributed by atoms with Gasteiger partial charge >= 0.3 is 5.97 Å². The third kappa shape index (κ3) is 2.00. The number of nitrogens with one attached hydrogen (secondary N) is 1. The molecule has 1 aliphatic heterocycles. The van der Waals surface area contributed by atoms with Gasteiger partial charge in [0.05, 0.1) is 11.3 Å². The number of rotatable bonds is 1. The van der Waals surface area contributed by atoms with E-state index in [-0.39, 0.29) is 11.0 Å². The summed E-state index contributed by atoms with van der Waals surface area (Å²) in [4.78, 5) is 11.1. The first-order valence-electron chi connectivity index (χ1n) is 5.19. The molecule has 16 heavy (non-hydrogen) atoms. The number of fused-ring (bicyclic) bond motifs is 1. The minimum absolute atomic E-state index is 0.132. The number of hydrogen-bond acceptors (Lipinski definition) is 2. The Morgan fingerprint density at radius 1 is 1.50 bits per heavy atom. The average Bonchev–Trinajstić information content (AvgIpc) is 2.13. The molecule has 0 amide bonds. The maximum atomic E-state index is 11.1. The van der Waals surface area contributed by atoms with Crippen LogP contribution >= 0.6 is 11.6 Å². The predicted octanol–water partition coefficient (Wildman–Crippen LogP) is 3.03. The van der Waals surface area contributed by atoms with E-state index in [1.54, 1.807) is 0 Å². The van der Waals surface area contributed by atoms with Crippen molar-refractivity contribution >= 4 is 23.3 Å². The van der Waals surface area contributed by atoms with Gasteiger partial charge in [0.1, 0.15) is 0 Å². The van der Waals surface area contributed by atoms with Crippen molar-refractivity contribution in [3.63, 3.8) is 0 Å². The van der Waals surface area contributed by atoms with Gasteiger partial charge in [-0.1, -0.05) is 25.4 Å². The van der Waals surface area contributed by atoms with Crippen molar-refractivity contribution in [1.82, 2.24) is 0 Å². The van der Waals surface area contributed by atoms with Gasteiger partial charge in [0.2, 0.25) is 0 Å². The SMILES string of the molecule is CC1(C)CNc2c(cc(Cl)cc2C(=O)O)C1. The normalized spacial score (nSPS) is 17.4. The standard InChI is InChI=1S/C12H14ClNO2/c1-12(2)5-7-3-8(13)4-9(11(15)16)10(7)14-6-12/h3-4,14H,5-6H2,1-2H3,(H,15,16). The number of anilines is 1. The number of halogens is 1. The fourth-order valence-electron chi connectivity index (χ4n) is 2.09. The number of carboxylic acids is 1. The Morgan fingerprint density at radius 2 is 2.19 bits per heavy atom. The summed E-state index contributed by atoms with van der Waals surface area (Å²) in [5, 5.41) is 12.8. The Kier molecular flexibility index (Phi) is 2.58. The molecule has 1 aliphatic rings. The smallest absolute Gasteiger partial charge is 0.337 e. The van der Waals surface area contributed by atoms with Crippen LogP contribution in [0, 0.1) is 5.41 Å². The lowest BCUT2D eigenvalue weighted by atomic mass is 9.81. The Bertz CT molecular complexity index is 455. The maximum Gasteiger partial charge on any atom is 0.337 e. The summed E-state index contributed by atoms with van der Waals surface area (Å²) in [7, 11) is 0. The molecule has 0 saturated heterocycles. The molecular weight excluding hydrogens is 226 g/mol. The number of aromatic carboxylic acids is 1. The van der Waals surface area contributed by atoms with E-state index in [1.807, 2.05) is 6.07 Å². The molecule has 86 valence electrons. The number of benzene rings is 1. The van der Waals surface area contributed by atoms with Crippen molar-refractivity contribution in [2.24, 2.45) is 5.41 Å². The molecule has 1 aromatic carbocycles. The molecule has 1 heterocycles. The van der Waals surface area contributed by atoms with Crippen LogP contribution < -0.4 is 5.32 Å². The molecule has 4 heteroatoms. The Balaban J connectivity index is 2.54. The molecular formula is C12H14ClNO2. The zero-order chi connectivity index (χ0) is 11.9. The van der Waals surface area contributed by atoms with Gasteiger partial charge in [-0.15, -0.1) is 0 Å². The van der Waals surface area contributed by atoms with Crippen LogP contribution in [-0.2, 0) is 6.42 Å². The van der Waals surface area contributed by atoms with Gasteiger partial charge in [0, 0.05) is 11.6 Å². The lowest BCUT2D eigenvalue weighted by Gasteiger charge is -2.33. The molecule has 2 rings (SSSR count). The lowest BCUT2D eigenvalue weighted by molar-refractivity contribution is 0.0697. The highest BCUT2D eigenvalue weighted by Gasteiger charge is 2.28. The first-order valence-corrected chi connectivity index (χ1v) is 5.56. The van der Waals surface area contributed by atoms with Crippen LogP contribution in [0.1, 0.15) is 29.8 Å². The minimum Gasteiger partial charge on any atom is -0.478 e. The predicted molar refractivity (Wildman–Crippen MR) is 64.4 cm³/mol. The summed E-state index contributed by atoms with van der Waals surface area (Å²) in [6.07, 6.45) is 0.843. The van der Waals surface area contributed by atoms with E-state index in [9.17, 15) is 4.79 Å². The van der Waals surface area contributed by atoms with Crippen LogP contribution in [0.3, 0.4) is 0 Å². The van der Waals surface area contributed by atoms with E-state index in [2.05, 4.69) is 19.2 Å². The van der Waals surface area contributed by atoms with Gasteiger partial charge in [-0.2, -0.15) is 0 Å².